The maximum Gasteiger partial charge on any atom is 0.312 e. The number of fused-ring (bicyclic) bond motifs is 1. The number of hydrogen-bond donors (Lipinski definition) is 1. The molecule has 2 aromatic carbocycles. The van der Waals surface area contributed by atoms with Crippen LogP contribution in [-0.4, -0.2) is 70.1 Å². The number of carbonyl (C=O) groups excluding carboxylic acids is 3. The van der Waals surface area contributed by atoms with Crippen LogP contribution >= 0.6 is 27.5 Å². The van der Waals surface area contributed by atoms with E-state index in [4.69, 9.17) is 21.1 Å². The topological polar surface area (TPSA) is 96.4 Å². The fourth-order valence-corrected chi connectivity index (χ4v) is 7.91. The summed E-state index contributed by atoms with van der Waals surface area (Å²) in [6, 6.07) is 14.0. The summed E-state index contributed by atoms with van der Waals surface area (Å²) < 4.78 is 12.2. The van der Waals surface area contributed by atoms with Crippen molar-refractivity contribution in [2.24, 2.45) is 11.8 Å². The molecule has 3 heterocycles. The average Bonchev–Trinajstić information content (AvgIpc) is 3.59. The fourth-order valence-electron chi connectivity index (χ4n) is 6.73. The number of anilines is 1. The summed E-state index contributed by atoms with van der Waals surface area (Å²) in [5.41, 5.74) is -0.220. The van der Waals surface area contributed by atoms with Gasteiger partial charge in [-0.15, -0.1) is 13.2 Å². The van der Waals surface area contributed by atoms with E-state index in [-0.39, 0.29) is 18.0 Å². The first-order valence-electron chi connectivity index (χ1n) is 14.0. The van der Waals surface area contributed by atoms with Crippen molar-refractivity contribution in [2.45, 2.75) is 47.9 Å². The quantitative estimate of drug-likeness (QED) is 0.152. The largest absolute Gasteiger partial charge is 0.465 e. The second-order valence-electron chi connectivity index (χ2n) is 10.8. The molecule has 3 fully saturated rings. The van der Waals surface area contributed by atoms with Crippen molar-refractivity contribution < 1.29 is 29.0 Å². The second-order valence-corrected chi connectivity index (χ2v) is 12.4. The Morgan fingerprint density at radius 3 is 2.57 bits per heavy atom. The smallest absolute Gasteiger partial charge is 0.312 e. The van der Waals surface area contributed by atoms with Gasteiger partial charge in [0.1, 0.15) is 11.6 Å². The number of aliphatic hydroxyl groups is 1. The van der Waals surface area contributed by atoms with Crippen molar-refractivity contribution in [1.29, 1.82) is 0 Å². The number of unbranched alkanes of at least 4 members (excludes halogenated alkanes) is 1. The number of para-hydroxylation sites is 1. The molecule has 5 rings (SSSR count). The van der Waals surface area contributed by atoms with E-state index in [2.05, 4.69) is 29.1 Å². The van der Waals surface area contributed by atoms with Crippen LogP contribution < -0.4 is 4.90 Å². The third-order valence-corrected chi connectivity index (χ3v) is 9.61. The number of ether oxygens (including phenoxy) is 2. The maximum absolute atomic E-state index is 14.8. The fraction of sp³-hybridized carbons (Fsp3) is 0.406. The minimum absolute atomic E-state index is 0.118. The highest BCUT2D eigenvalue weighted by Crippen LogP contribution is 2.61. The molecule has 2 amide bonds. The van der Waals surface area contributed by atoms with Gasteiger partial charge in [-0.3, -0.25) is 14.4 Å². The molecule has 3 aliphatic rings. The summed E-state index contributed by atoms with van der Waals surface area (Å²) in [6.07, 6.45) is 4.30. The zero-order valence-corrected chi connectivity index (χ0v) is 25.5. The number of alkyl halides is 1. The molecular formula is C32H34BrClN2O6. The first-order chi connectivity index (χ1) is 20.3. The number of carbonyl (C=O) groups is 3. The van der Waals surface area contributed by atoms with Gasteiger partial charge in [-0.25, -0.2) is 0 Å². The minimum Gasteiger partial charge on any atom is -0.465 e. The summed E-state index contributed by atoms with van der Waals surface area (Å²) in [7, 11) is 0. The summed E-state index contributed by atoms with van der Waals surface area (Å²) in [6.45, 7) is 7.40. The molecule has 10 heteroatoms. The predicted octanol–water partition coefficient (Wildman–Crippen LogP) is 4.85. The van der Waals surface area contributed by atoms with E-state index < -0.39 is 60.0 Å². The molecule has 1 N–H and O–H groups in total. The van der Waals surface area contributed by atoms with Crippen LogP contribution in [-0.2, 0) is 23.9 Å². The van der Waals surface area contributed by atoms with Crippen molar-refractivity contribution in [2.75, 3.05) is 24.7 Å². The zero-order chi connectivity index (χ0) is 30.0. The number of halogens is 2. The number of esters is 1. The molecule has 222 valence electrons. The zero-order valence-electron chi connectivity index (χ0n) is 23.1. The number of benzene rings is 2. The van der Waals surface area contributed by atoms with Crippen LogP contribution in [0.15, 0.2) is 79.9 Å². The van der Waals surface area contributed by atoms with E-state index in [0.717, 1.165) is 0 Å². The lowest BCUT2D eigenvalue weighted by Gasteiger charge is -2.39. The Labute approximate surface area is 259 Å². The maximum atomic E-state index is 14.8. The third kappa shape index (κ3) is 5.10. The van der Waals surface area contributed by atoms with Crippen molar-refractivity contribution in [1.82, 2.24) is 4.90 Å². The summed E-state index contributed by atoms with van der Waals surface area (Å²) in [4.78, 5) is 45.4. The number of rotatable bonds is 12. The van der Waals surface area contributed by atoms with Gasteiger partial charge in [0.15, 0.2) is 0 Å². The number of nitrogens with zero attached hydrogens (tertiary/aromatic N) is 2. The molecule has 8 nitrogen and oxygen atoms in total. The van der Waals surface area contributed by atoms with Crippen molar-refractivity contribution in [3.05, 3.63) is 90.5 Å². The van der Waals surface area contributed by atoms with Crippen LogP contribution in [0.3, 0.4) is 0 Å². The van der Waals surface area contributed by atoms with Crippen molar-refractivity contribution in [3.63, 3.8) is 0 Å². The van der Waals surface area contributed by atoms with Crippen molar-refractivity contribution >= 4 is 51.0 Å². The number of amides is 2. The molecule has 3 aliphatic heterocycles. The van der Waals surface area contributed by atoms with Gasteiger partial charge in [0, 0.05) is 11.4 Å². The summed E-state index contributed by atoms with van der Waals surface area (Å²) in [5.74, 6) is -3.28. The molecule has 0 aromatic heterocycles. The van der Waals surface area contributed by atoms with E-state index in [1.54, 1.807) is 48.6 Å². The highest BCUT2D eigenvalue weighted by molar-refractivity contribution is 9.09. The Hall–Kier alpha value is -2.98. The van der Waals surface area contributed by atoms with Gasteiger partial charge in [0.05, 0.1) is 47.9 Å². The monoisotopic (exact) mass is 656 g/mol. The number of allylic oxidation sites excluding steroid dienone is 1. The van der Waals surface area contributed by atoms with Crippen LogP contribution in [0.5, 0.6) is 0 Å². The van der Waals surface area contributed by atoms with E-state index in [9.17, 15) is 19.5 Å². The minimum atomic E-state index is -1.33. The third-order valence-electron chi connectivity index (χ3n) is 8.44. The van der Waals surface area contributed by atoms with Gasteiger partial charge in [-0.2, -0.15) is 0 Å². The van der Waals surface area contributed by atoms with Gasteiger partial charge < -0.3 is 24.4 Å². The van der Waals surface area contributed by atoms with Gasteiger partial charge in [0.2, 0.25) is 5.91 Å². The first-order valence-corrected chi connectivity index (χ1v) is 15.3. The highest BCUT2D eigenvalue weighted by Gasteiger charge is 2.77. The molecule has 3 unspecified atom stereocenters. The van der Waals surface area contributed by atoms with Crippen LogP contribution in [0, 0.1) is 11.8 Å². The van der Waals surface area contributed by atoms with E-state index >= 15 is 0 Å². The van der Waals surface area contributed by atoms with E-state index in [1.807, 2.05) is 18.2 Å². The SMILES string of the molecule is C=CCCCOC(=O)[C@H]1[C@H]2C(=O)N([C@H](CO)c3ccccc3)C(C(=O)N(CC=C)c3ccccc3Cl)C23CC(Br)[C@@H]1O3. The van der Waals surface area contributed by atoms with E-state index in [1.165, 1.54) is 9.80 Å². The number of hydrogen-bond acceptors (Lipinski definition) is 6. The second kappa shape index (κ2) is 12.7. The Morgan fingerprint density at radius 1 is 1.19 bits per heavy atom. The Balaban J connectivity index is 1.62. The van der Waals surface area contributed by atoms with Gasteiger partial charge in [0.25, 0.3) is 5.91 Å². The molecule has 3 saturated heterocycles. The lowest BCUT2D eigenvalue weighted by molar-refractivity contribution is -0.155. The molecule has 0 aliphatic carbocycles. The van der Waals surface area contributed by atoms with Crippen LogP contribution in [0.2, 0.25) is 5.02 Å². The number of aliphatic hydroxyl groups excluding tert-OH is 1. The van der Waals surface area contributed by atoms with Crippen LogP contribution in [0.1, 0.15) is 30.9 Å². The molecule has 0 saturated carbocycles. The summed E-state index contributed by atoms with van der Waals surface area (Å²) >= 11 is 10.2. The molecule has 7 atom stereocenters. The Bertz CT molecular complexity index is 1360. The Kier molecular flexibility index (Phi) is 9.23. The Morgan fingerprint density at radius 2 is 1.90 bits per heavy atom. The molecular weight excluding hydrogens is 624 g/mol. The van der Waals surface area contributed by atoms with E-state index in [0.29, 0.717) is 35.5 Å². The lowest BCUT2D eigenvalue weighted by atomic mass is 9.70. The average molecular weight is 658 g/mol. The predicted molar refractivity (Wildman–Crippen MR) is 163 cm³/mol. The number of likely N-dealkylation sites (tertiary alicyclic amines) is 1. The molecule has 2 bridgehead atoms. The summed E-state index contributed by atoms with van der Waals surface area (Å²) in [5, 5.41) is 11.0. The van der Waals surface area contributed by atoms with Crippen molar-refractivity contribution in [3.8, 4) is 0 Å². The van der Waals surface area contributed by atoms with Gasteiger partial charge in [-0.1, -0.05) is 82.1 Å². The molecule has 2 aromatic rings. The normalized spacial score (nSPS) is 28.3. The van der Waals surface area contributed by atoms with Gasteiger partial charge >= 0.3 is 5.97 Å². The standard InChI is InChI=1S/C32H34BrClN2O6/c1-3-5-11-17-41-31(40)25-26-29(38)36(24(19-37)20-12-7-6-8-13-20)28(32(26)18-21(33)27(25)42-32)30(39)35(16-4-2)23-15-10-9-14-22(23)34/h3-4,6-10,12-15,21,24-28,37H,1-2,5,11,16-19H2/t21?,24-,25+,26+,27+,28?,32?/m1/s1. The van der Waals surface area contributed by atoms with Crippen LogP contribution in [0.4, 0.5) is 5.69 Å². The molecule has 42 heavy (non-hydrogen) atoms. The lowest BCUT2D eigenvalue weighted by Crippen LogP contribution is -2.57. The van der Waals surface area contributed by atoms with Crippen LogP contribution in [0.25, 0.3) is 0 Å². The van der Waals surface area contributed by atoms with Gasteiger partial charge in [-0.05, 0) is 37.0 Å². The molecule has 1 spiro atoms. The highest BCUT2D eigenvalue weighted by atomic mass is 79.9. The molecule has 0 radical (unpaired) electrons. The first kappa shape index (κ1) is 30.5.